The number of fused-ring (bicyclic) bond motifs is 1. The summed E-state index contributed by atoms with van der Waals surface area (Å²) in [6, 6.07) is 19.2. The Morgan fingerprint density at radius 2 is 1.58 bits per heavy atom. The molecule has 0 aliphatic carbocycles. The number of hydrogen-bond donors (Lipinski definition) is 0. The third-order valence-corrected chi connectivity index (χ3v) is 5.35. The van der Waals surface area contributed by atoms with Crippen LogP contribution in [0.4, 0.5) is 0 Å². The lowest BCUT2D eigenvalue weighted by atomic mass is 10.1. The normalized spacial score (nSPS) is 10.9. The highest BCUT2D eigenvalue weighted by molar-refractivity contribution is 6.04. The maximum atomic E-state index is 13.7. The molecule has 0 unspecified atom stereocenters. The van der Waals surface area contributed by atoms with Crippen molar-refractivity contribution >= 4 is 16.7 Å². The van der Waals surface area contributed by atoms with Crippen LogP contribution >= 0.6 is 0 Å². The molecule has 0 fully saturated rings. The van der Waals surface area contributed by atoms with Crippen LogP contribution in [0.1, 0.15) is 34.1 Å². The molecule has 0 saturated carbocycles. The minimum atomic E-state index is -0.227. The molecule has 1 amide bonds. The zero-order chi connectivity index (χ0) is 21.8. The van der Waals surface area contributed by atoms with E-state index in [9.17, 15) is 9.59 Å². The van der Waals surface area contributed by atoms with Gasteiger partial charge in [0.05, 0.1) is 5.39 Å². The third kappa shape index (κ3) is 4.38. The van der Waals surface area contributed by atoms with Crippen molar-refractivity contribution in [3.05, 3.63) is 106 Å². The maximum absolute atomic E-state index is 13.7. The van der Waals surface area contributed by atoms with Crippen LogP contribution in [0.15, 0.2) is 77.9 Å². The number of pyridine rings is 1. The van der Waals surface area contributed by atoms with Gasteiger partial charge in [0.1, 0.15) is 0 Å². The van der Waals surface area contributed by atoms with Gasteiger partial charge >= 0.3 is 0 Å². The maximum Gasteiger partial charge on any atom is 0.275 e. The topological polar surface area (TPSA) is 68.1 Å². The molecule has 0 radical (unpaired) electrons. The van der Waals surface area contributed by atoms with Gasteiger partial charge in [-0.15, -0.1) is 0 Å². The number of hydrogen-bond acceptors (Lipinski definition) is 4. The standard InChI is InChI=1S/C25H24N4O2/c1-3-18-10-12-19(13-11-18)16-29(17-20-7-6-14-26-15-20)25(31)23-21-8-4-5-9-22(21)24(30)28(2)27-23/h4-15H,3,16-17H2,1-2H3. The Morgan fingerprint density at radius 3 is 2.26 bits per heavy atom. The average Bonchev–Trinajstić information content (AvgIpc) is 2.82. The first-order valence-corrected chi connectivity index (χ1v) is 10.3. The minimum Gasteiger partial charge on any atom is -0.329 e. The molecule has 0 bridgehead atoms. The zero-order valence-electron chi connectivity index (χ0n) is 17.7. The van der Waals surface area contributed by atoms with Crippen molar-refractivity contribution < 1.29 is 4.79 Å². The van der Waals surface area contributed by atoms with Crippen molar-refractivity contribution in [1.82, 2.24) is 19.7 Å². The molecule has 2 aromatic carbocycles. The number of rotatable bonds is 6. The molecule has 4 rings (SSSR count). The Morgan fingerprint density at radius 1 is 0.903 bits per heavy atom. The number of carbonyl (C=O) groups is 1. The fraction of sp³-hybridized carbons (Fsp3) is 0.200. The molecule has 2 heterocycles. The molecule has 0 aliphatic rings. The highest BCUT2D eigenvalue weighted by atomic mass is 16.2. The summed E-state index contributed by atoms with van der Waals surface area (Å²) in [5, 5.41) is 5.38. The Labute approximate surface area is 180 Å². The molecule has 0 spiro atoms. The zero-order valence-corrected chi connectivity index (χ0v) is 17.7. The van der Waals surface area contributed by atoms with E-state index in [1.165, 1.54) is 10.2 Å². The molecular formula is C25H24N4O2. The summed E-state index contributed by atoms with van der Waals surface area (Å²) in [5.41, 5.74) is 3.26. The van der Waals surface area contributed by atoms with Crippen LogP contribution in [0.25, 0.3) is 10.8 Å². The van der Waals surface area contributed by atoms with E-state index in [2.05, 4.69) is 41.3 Å². The molecular weight excluding hydrogens is 388 g/mol. The second kappa shape index (κ2) is 8.92. The van der Waals surface area contributed by atoms with Gasteiger partial charge in [0.15, 0.2) is 5.69 Å². The van der Waals surface area contributed by atoms with Crippen molar-refractivity contribution in [1.29, 1.82) is 0 Å². The largest absolute Gasteiger partial charge is 0.329 e. The van der Waals surface area contributed by atoms with Crippen LogP contribution in [0.3, 0.4) is 0 Å². The monoisotopic (exact) mass is 412 g/mol. The summed E-state index contributed by atoms with van der Waals surface area (Å²) < 4.78 is 1.23. The van der Waals surface area contributed by atoms with E-state index in [0.717, 1.165) is 17.5 Å². The Kier molecular flexibility index (Phi) is 5.89. The lowest BCUT2D eigenvalue weighted by molar-refractivity contribution is 0.0723. The van der Waals surface area contributed by atoms with Gasteiger partial charge in [-0.25, -0.2) is 4.68 Å². The van der Waals surface area contributed by atoms with E-state index in [-0.39, 0.29) is 17.2 Å². The van der Waals surface area contributed by atoms with Gasteiger partial charge in [-0.2, -0.15) is 5.10 Å². The van der Waals surface area contributed by atoms with Gasteiger partial charge in [0, 0.05) is 37.9 Å². The highest BCUT2D eigenvalue weighted by Gasteiger charge is 2.22. The smallest absolute Gasteiger partial charge is 0.275 e. The van der Waals surface area contributed by atoms with E-state index >= 15 is 0 Å². The van der Waals surface area contributed by atoms with Gasteiger partial charge < -0.3 is 4.90 Å². The molecule has 6 nitrogen and oxygen atoms in total. The number of amides is 1. The summed E-state index contributed by atoms with van der Waals surface area (Å²) >= 11 is 0. The predicted molar refractivity (Wildman–Crippen MR) is 121 cm³/mol. The van der Waals surface area contributed by atoms with E-state index in [1.54, 1.807) is 42.5 Å². The number of benzene rings is 2. The summed E-state index contributed by atoms with van der Waals surface area (Å²) in [4.78, 5) is 32.1. The average molecular weight is 412 g/mol. The van der Waals surface area contributed by atoms with Gasteiger partial charge in [0.2, 0.25) is 0 Å². The predicted octanol–water partition coefficient (Wildman–Crippen LogP) is 3.73. The molecule has 0 saturated heterocycles. The van der Waals surface area contributed by atoms with Gasteiger partial charge in [-0.1, -0.05) is 55.5 Å². The first-order valence-electron chi connectivity index (χ1n) is 10.3. The van der Waals surface area contributed by atoms with E-state index in [1.807, 2.05) is 18.2 Å². The summed E-state index contributed by atoms with van der Waals surface area (Å²) in [7, 11) is 1.57. The van der Waals surface area contributed by atoms with E-state index in [4.69, 9.17) is 0 Å². The first kappa shape index (κ1) is 20.5. The third-order valence-electron chi connectivity index (χ3n) is 5.35. The Balaban J connectivity index is 1.75. The summed E-state index contributed by atoms with van der Waals surface area (Å²) in [6.45, 7) is 2.93. The fourth-order valence-corrected chi connectivity index (χ4v) is 3.62. The lowest BCUT2D eigenvalue weighted by Gasteiger charge is -2.23. The van der Waals surface area contributed by atoms with Crippen molar-refractivity contribution in [2.24, 2.45) is 7.05 Å². The van der Waals surface area contributed by atoms with Crippen molar-refractivity contribution in [3.8, 4) is 0 Å². The van der Waals surface area contributed by atoms with E-state index in [0.29, 0.717) is 23.9 Å². The molecule has 0 atom stereocenters. The number of nitrogens with zero attached hydrogens (tertiary/aromatic N) is 4. The Bertz CT molecular complexity index is 1260. The molecule has 31 heavy (non-hydrogen) atoms. The van der Waals surface area contributed by atoms with Crippen LogP contribution in [0, 0.1) is 0 Å². The number of aromatic nitrogens is 3. The number of carbonyl (C=O) groups excluding carboxylic acids is 1. The molecule has 6 heteroatoms. The molecule has 2 aromatic heterocycles. The minimum absolute atomic E-state index is 0.221. The highest BCUT2D eigenvalue weighted by Crippen LogP contribution is 2.19. The lowest BCUT2D eigenvalue weighted by Crippen LogP contribution is -2.33. The quantitative estimate of drug-likeness (QED) is 0.484. The second-order valence-electron chi connectivity index (χ2n) is 7.52. The Hall–Kier alpha value is -3.80. The van der Waals surface area contributed by atoms with Crippen molar-refractivity contribution in [2.45, 2.75) is 26.4 Å². The van der Waals surface area contributed by atoms with Crippen LogP contribution in [0.2, 0.25) is 0 Å². The molecule has 4 aromatic rings. The summed E-state index contributed by atoms with van der Waals surface area (Å²) in [5.74, 6) is -0.227. The van der Waals surface area contributed by atoms with Crippen LogP contribution < -0.4 is 5.56 Å². The molecule has 0 N–H and O–H groups in total. The number of aryl methyl sites for hydroxylation is 2. The van der Waals surface area contributed by atoms with Crippen molar-refractivity contribution in [3.63, 3.8) is 0 Å². The van der Waals surface area contributed by atoms with Gasteiger partial charge in [0.25, 0.3) is 11.5 Å². The van der Waals surface area contributed by atoms with E-state index < -0.39 is 0 Å². The van der Waals surface area contributed by atoms with Crippen molar-refractivity contribution in [2.75, 3.05) is 0 Å². The van der Waals surface area contributed by atoms with Crippen LogP contribution in [0.5, 0.6) is 0 Å². The summed E-state index contributed by atoms with van der Waals surface area (Å²) in [6.07, 6.45) is 4.43. The van der Waals surface area contributed by atoms with Gasteiger partial charge in [-0.05, 0) is 35.2 Å². The first-order chi connectivity index (χ1) is 15.1. The molecule has 0 aliphatic heterocycles. The fourth-order valence-electron chi connectivity index (χ4n) is 3.62. The van der Waals surface area contributed by atoms with Gasteiger partial charge in [-0.3, -0.25) is 14.6 Å². The molecule has 156 valence electrons. The second-order valence-corrected chi connectivity index (χ2v) is 7.52. The van der Waals surface area contributed by atoms with Crippen LogP contribution in [-0.2, 0) is 26.6 Å². The SMILES string of the molecule is CCc1ccc(CN(Cc2cccnc2)C(=O)c2nn(C)c(=O)c3ccccc23)cc1. The van der Waals surface area contributed by atoms with Crippen LogP contribution in [-0.4, -0.2) is 25.6 Å².